The largest absolute Gasteiger partial charge is 0.353 e. The molecule has 8 nitrogen and oxygen atoms in total. The Morgan fingerprint density at radius 3 is 2.55 bits per heavy atom. The zero-order valence-electron chi connectivity index (χ0n) is 16.7. The molecule has 0 aromatic heterocycles. The normalized spacial score (nSPS) is 29.4. The van der Waals surface area contributed by atoms with Crippen LogP contribution in [0.15, 0.2) is 24.3 Å². The van der Waals surface area contributed by atoms with Crippen LogP contribution in [0.5, 0.6) is 0 Å². The lowest BCUT2D eigenvalue weighted by Crippen LogP contribution is -2.57. The minimum atomic E-state index is -0.797. The van der Waals surface area contributed by atoms with Crippen LogP contribution >= 0.6 is 0 Å². The minimum Gasteiger partial charge on any atom is -0.353 e. The molecule has 1 aromatic rings. The lowest BCUT2D eigenvalue weighted by Gasteiger charge is -2.43. The van der Waals surface area contributed by atoms with Crippen molar-refractivity contribution in [2.24, 2.45) is 5.92 Å². The average Bonchev–Trinajstić information content (AvgIpc) is 3.38. The van der Waals surface area contributed by atoms with Crippen molar-refractivity contribution in [2.75, 3.05) is 19.7 Å². The summed E-state index contributed by atoms with van der Waals surface area (Å²) in [6, 6.07) is 5.06. The van der Waals surface area contributed by atoms with Gasteiger partial charge in [0.1, 0.15) is 11.8 Å². The summed E-state index contributed by atoms with van der Waals surface area (Å²) in [4.78, 5) is 40.8. The number of hydrogen-bond donors (Lipinski definition) is 0. The van der Waals surface area contributed by atoms with Crippen LogP contribution in [0.2, 0.25) is 0 Å². The first-order valence-corrected chi connectivity index (χ1v) is 10.4. The summed E-state index contributed by atoms with van der Waals surface area (Å²) in [6.07, 6.45) is 5.14. The van der Waals surface area contributed by atoms with Gasteiger partial charge in [-0.2, -0.15) is 0 Å². The number of carbonyl (C=O) groups is 2. The summed E-state index contributed by atoms with van der Waals surface area (Å²) in [6.45, 7) is 3.78. The molecule has 1 saturated carbocycles. The van der Waals surface area contributed by atoms with E-state index in [-0.39, 0.29) is 29.7 Å². The summed E-state index contributed by atoms with van der Waals surface area (Å²) in [5.74, 6) is 0.113. The highest BCUT2D eigenvalue weighted by atomic mass is 16.6. The van der Waals surface area contributed by atoms with Gasteiger partial charge in [-0.25, -0.2) is 0 Å². The molecule has 2 saturated heterocycles. The van der Waals surface area contributed by atoms with Crippen molar-refractivity contribution in [3.63, 3.8) is 0 Å². The number of benzene rings is 1. The third kappa shape index (κ3) is 3.61. The van der Waals surface area contributed by atoms with Crippen molar-refractivity contribution in [3.8, 4) is 0 Å². The predicted octanol–water partition coefficient (Wildman–Crippen LogP) is 2.96. The molecule has 3 fully saturated rings. The van der Waals surface area contributed by atoms with Crippen molar-refractivity contribution in [1.82, 2.24) is 9.80 Å². The zero-order valence-corrected chi connectivity index (χ0v) is 16.7. The molecule has 2 aliphatic heterocycles. The van der Waals surface area contributed by atoms with E-state index in [1.807, 2.05) is 4.90 Å². The van der Waals surface area contributed by atoms with Crippen LogP contribution < -0.4 is 0 Å². The second kappa shape index (κ2) is 7.74. The Morgan fingerprint density at radius 1 is 1.21 bits per heavy atom. The Bertz CT molecular complexity index is 812. The molecule has 1 spiro atoms. The molecular formula is C21H27N3O5. The van der Waals surface area contributed by atoms with E-state index < -0.39 is 16.7 Å². The smallest absolute Gasteiger partial charge is 0.270 e. The van der Waals surface area contributed by atoms with E-state index in [9.17, 15) is 19.7 Å². The molecule has 29 heavy (non-hydrogen) atoms. The van der Waals surface area contributed by atoms with Crippen LogP contribution in [0, 0.1) is 16.0 Å². The highest BCUT2D eigenvalue weighted by molar-refractivity contribution is 5.99. The molecular weight excluding hydrogens is 374 g/mol. The Hall–Kier alpha value is -2.48. The number of carbonyl (C=O) groups excluding carboxylic acids is 2. The van der Waals surface area contributed by atoms with E-state index in [4.69, 9.17) is 4.74 Å². The van der Waals surface area contributed by atoms with Crippen molar-refractivity contribution in [2.45, 2.75) is 57.2 Å². The van der Waals surface area contributed by atoms with Gasteiger partial charge < -0.3 is 9.64 Å². The van der Waals surface area contributed by atoms with Gasteiger partial charge in [-0.15, -0.1) is 0 Å². The zero-order chi connectivity index (χ0) is 20.6. The van der Waals surface area contributed by atoms with Gasteiger partial charge in [0.05, 0.1) is 11.5 Å². The van der Waals surface area contributed by atoms with E-state index in [1.54, 1.807) is 11.0 Å². The summed E-state index contributed by atoms with van der Waals surface area (Å²) < 4.78 is 6.18. The van der Waals surface area contributed by atoms with E-state index in [1.165, 1.54) is 18.2 Å². The molecule has 0 bridgehead atoms. The molecule has 156 valence electrons. The number of likely N-dealkylation sites (tertiary alicyclic amines) is 1. The lowest BCUT2D eigenvalue weighted by atomic mass is 9.83. The molecule has 1 aromatic carbocycles. The SMILES string of the molecule is CC1CCC2(CC1)OC[C@@H](C(=O)N1CCCC1)N2C(=O)c1cccc([N+](=O)[O-])c1. The summed E-state index contributed by atoms with van der Waals surface area (Å²) in [5.41, 5.74) is -0.708. The molecule has 0 radical (unpaired) electrons. The summed E-state index contributed by atoms with van der Waals surface area (Å²) >= 11 is 0. The quantitative estimate of drug-likeness (QED) is 0.573. The van der Waals surface area contributed by atoms with Crippen LogP contribution in [0.1, 0.15) is 55.8 Å². The van der Waals surface area contributed by atoms with Crippen LogP contribution in [-0.4, -0.2) is 58.0 Å². The van der Waals surface area contributed by atoms with Gasteiger partial charge in [-0.3, -0.25) is 24.6 Å². The number of rotatable bonds is 3. The maximum Gasteiger partial charge on any atom is 0.270 e. The maximum atomic E-state index is 13.6. The van der Waals surface area contributed by atoms with Crippen LogP contribution in [0.25, 0.3) is 0 Å². The van der Waals surface area contributed by atoms with Gasteiger partial charge in [-0.1, -0.05) is 13.0 Å². The molecule has 2 heterocycles. The Kier molecular flexibility index (Phi) is 5.29. The van der Waals surface area contributed by atoms with Crippen molar-refractivity contribution >= 4 is 17.5 Å². The van der Waals surface area contributed by atoms with Crippen LogP contribution in [-0.2, 0) is 9.53 Å². The molecule has 0 unspecified atom stereocenters. The standard InChI is InChI=1S/C21H27N3O5/c1-15-7-9-21(10-8-15)23(18(14-29-21)20(26)22-11-2-3-12-22)19(25)16-5-4-6-17(13-16)24(27)28/h4-6,13,15,18H,2-3,7-12,14H2,1H3/t15?,18-,21?/m0/s1. The third-order valence-corrected chi connectivity index (χ3v) is 6.54. The number of hydrogen-bond acceptors (Lipinski definition) is 5. The van der Waals surface area contributed by atoms with Crippen molar-refractivity contribution in [3.05, 3.63) is 39.9 Å². The topological polar surface area (TPSA) is 93.0 Å². The number of ether oxygens (including phenoxy) is 1. The second-order valence-corrected chi connectivity index (χ2v) is 8.47. The van der Waals surface area contributed by atoms with Crippen LogP contribution in [0.3, 0.4) is 0 Å². The van der Waals surface area contributed by atoms with Gasteiger partial charge in [0.2, 0.25) is 5.91 Å². The Morgan fingerprint density at radius 2 is 1.90 bits per heavy atom. The highest BCUT2D eigenvalue weighted by Crippen LogP contribution is 2.43. The van der Waals surface area contributed by atoms with Gasteiger partial charge in [0.25, 0.3) is 11.6 Å². The number of amides is 2. The van der Waals surface area contributed by atoms with E-state index in [2.05, 4.69) is 6.92 Å². The fraction of sp³-hybridized carbons (Fsp3) is 0.619. The van der Waals surface area contributed by atoms with Gasteiger partial charge in [0, 0.05) is 30.8 Å². The third-order valence-electron chi connectivity index (χ3n) is 6.54. The first-order valence-electron chi connectivity index (χ1n) is 10.4. The molecule has 4 rings (SSSR count). The summed E-state index contributed by atoms with van der Waals surface area (Å²) in [5, 5.41) is 11.2. The molecule has 8 heteroatoms. The van der Waals surface area contributed by atoms with Crippen LogP contribution in [0.4, 0.5) is 5.69 Å². The fourth-order valence-electron chi connectivity index (χ4n) is 4.81. The summed E-state index contributed by atoms with van der Waals surface area (Å²) in [7, 11) is 0. The monoisotopic (exact) mass is 401 g/mol. The molecule has 1 aliphatic carbocycles. The average molecular weight is 401 g/mol. The first-order chi connectivity index (χ1) is 13.9. The fourth-order valence-corrected chi connectivity index (χ4v) is 4.81. The Balaban J connectivity index is 1.68. The van der Waals surface area contributed by atoms with Crippen molar-refractivity contribution < 1.29 is 19.2 Å². The first kappa shape index (κ1) is 19.8. The Labute approximate surface area is 169 Å². The molecule has 0 N–H and O–H groups in total. The number of nitro benzene ring substituents is 1. The highest BCUT2D eigenvalue weighted by Gasteiger charge is 2.54. The number of nitro groups is 1. The van der Waals surface area contributed by atoms with Gasteiger partial charge >= 0.3 is 0 Å². The van der Waals surface area contributed by atoms with Gasteiger partial charge in [-0.05, 0) is 50.5 Å². The van der Waals surface area contributed by atoms with E-state index in [0.29, 0.717) is 31.8 Å². The lowest BCUT2D eigenvalue weighted by molar-refractivity contribution is -0.384. The van der Waals surface area contributed by atoms with E-state index in [0.717, 1.165) is 25.7 Å². The predicted molar refractivity (Wildman–Crippen MR) is 105 cm³/mol. The van der Waals surface area contributed by atoms with Gasteiger partial charge in [0.15, 0.2) is 0 Å². The second-order valence-electron chi connectivity index (χ2n) is 8.47. The number of nitrogens with zero attached hydrogens (tertiary/aromatic N) is 3. The van der Waals surface area contributed by atoms with E-state index >= 15 is 0 Å². The molecule has 3 aliphatic rings. The molecule has 1 atom stereocenters. The minimum absolute atomic E-state index is 0.0724. The van der Waals surface area contributed by atoms with Crippen molar-refractivity contribution in [1.29, 1.82) is 0 Å². The number of non-ortho nitro benzene ring substituents is 1. The molecule has 2 amide bonds. The maximum absolute atomic E-state index is 13.6.